The fraction of sp³-hybridized carbons (Fsp3) is 0.227. The molecule has 1 aliphatic heterocycles. The zero-order valence-corrected chi connectivity index (χ0v) is 15.2. The molecule has 6 heteroatoms. The van der Waals surface area contributed by atoms with Gasteiger partial charge in [0.25, 0.3) is 5.91 Å². The molecule has 2 aromatic carbocycles. The quantitative estimate of drug-likeness (QED) is 0.844. The smallest absolute Gasteiger partial charge is 0.261 e. The van der Waals surface area contributed by atoms with Gasteiger partial charge in [0.1, 0.15) is 28.5 Å². The van der Waals surface area contributed by atoms with Gasteiger partial charge >= 0.3 is 0 Å². The minimum absolute atomic E-state index is 0.158. The van der Waals surface area contributed by atoms with Crippen molar-refractivity contribution in [3.63, 3.8) is 0 Å². The second-order valence-electron chi connectivity index (χ2n) is 7.17. The molecule has 1 amide bonds. The van der Waals surface area contributed by atoms with Crippen molar-refractivity contribution in [3.05, 3.63) is 83.1 Å². The molecule has 144 valence electrons. The second-order valence-corrected chi connectivity index (χ2v) is 7.17. The predicted molar refractivity (Wildman–Crippen MR) is 101 cm³/mol. The third kappa shape index (κ3) is 3.10. The Kier molecular flexibility index (Phi) is 4.51. The molecule has 2 aliphatic rings. The van der Waals surface area contributed by atoms with Crippen LogP contribution in [0.4, 0.5) is 8.78 Å². The Morgan fingerprint density at radius 3 is 2.57 bits per heavy atom. The summed E-state index contributed by atoms with van der Waals surface area (Å²) in [7, 11) is 0. The Hall–Kier alpha value is -2.99. The van der Waals surface area contributed by atoms with Crippen LogP contribution in [0.5, 0.6) is 5.75 Å². The van der Waals surface area contributed by atoms with Crippen molar-refractivity contribution < 1.29 is 23.4 Å². The van der Waals surface area contributed by atoms with Crippen LogP contribution < -0.4 is 10.1 Å². The molecule has 2 aromatic rings. The number of hydrogen-bond acceptors (Lipinski definition) is 3. The monoisotopic (exact) mass is 383 g/mol. The lowest BCUT2D eigenvalue weighted by atomic mass is 9.77. The fourth-order valence-corrected chi connectivity index (χ4v) is 3.54. The Labute approximate surface area is 161 Å². The summed E-state index contributed by atoms with van der Waals surface area (Å²) in [5, 5.41) is 12.4. The number of carbonyl (C=O) groups is 1. The topological polar surface area (TPSA) is 58.6 Å². The largest absolute Gasteiger partial charge is 0.480 e. The van der Waals surface area contributed by atoms with Gasteiger partial charge in [0, 0.05) is 17.2 Å². The normalized spacial score (nSPS) is 22.9. The van der Waals surface area contributed by atoms with E-state index in [4.69, 9.17) is 4.74 Å². The molecule has 1 aliphatic carbocycles. The maximum Gasteiger partial charge on any atom is 0.261 e. The number of para-hydroxylation sites is 1. The van der Waals surface area contributed by atoms with Gasteiger partial charge in [0.15, 0.2) is 0 Å². The highest BCUT2D eigenvalue weighted by Crippen LogP contribution is 2.45. The number of aliphatic hydroxyl groups excluding tert-OH is 1. The average molecular weight is 383 g/mol. The van der Waals surface area contributed by atoms with E-state index in [9.17, 15) is 18.7 Å². The SMILES string of the molecule is CC1(CO)C=C([C@H]2CC=C2NC(=O)c2c(F)cccc2F)c2ccccc2O1. The highest BCUT2D eigenvalue weighted by molar-refractivity contribution is 5.96. The van der Waals surface area contributed by atoms with E-state index in [1.807, 2.05) is 36.4 Å². The molecule has 1 unspecified atom stereocenters. The third-order valence-electron chi connectivity index (χ3n) is 5.09. The van der Waals surface area contributed by atoms with Crippen LogP contribution in [0.25, 0.3) is 5.57 Å². The van der Waals surface area contributed by atoms with Crippen molar-refractivity contribution in [3.8, 4) is 5.75 Å². The number of fused-ring (bicyclic) bond motifs is 1. The number of amides is 1. The minimum atomic E-state index is -0.905. The number of ether oxygens (including phenoxy) is 1. The van der Waals surface area contributed by atoms with Gasteiger partial charge in [-0.2, -0.15) is 0 Å². The molecule has 2 atom stereocenters. The van der Waals surface area contributed by atoms with Gasteiger partial charge in [-0.15, -0.1) is 0 Å². The Bertz CT molecular complexity index is 994. The van der Waals surface area contributed by atoms with Crippen LogP contribution in [-0.2, 0) is 0 Å². The Morgan fingerprint density at radius 1 is 1.21 bits per heavy atom. The van der Waals surface area contributed by atoms with E-state index < -0.39 is 28.7 Å². The van der Waals surface area contributed by atoms with Crippen molar-refractivity contribution in [1.29, 1.82) is 0 Å². The van der Waals surface area contributed by atoms with Gasteiger partial charge in [-0.3, -0.25) is 4.79 Å². The minimum Gasteiger partial charge on any atom is -0.480 e. The van der Waals surface area contributed by atoms with Gasteiger partial charge in [0.05, 0.1) is 6.61 Å². The van der Waals surface area contributed by atoms with Crippen LogP contribution in [0, 0.1) is 17.6 Å². The van der Waals surface area contributed by atoms with Gasteiger partial charge in [-0.05, 0) is 43.2 Å². The molecule has 0 bridgehead atoms. The number of allylic oxidation sites excluding steroid dienone is 2. The molecular weight excluding hydrogens is 364 g/mol. The van der Waals surface area contributed by atoms with Crippen LogP contribution in [0.15, 0.2) is 60.3 Å². The van der Waals surface area contributed by atoms with Crippen LogP contribution in [-0.4, -0.2) is 23.2 Å². The molecule has 28 heavy (non-hydrogen) atoms. The van der Waals surface area contributed by atoms with E-state index in [2.05, 4.69) is 5.32 Å². The van der Waals surface area contributed by atoms with E-state index in [0.717, 1.165) is 23.3 Å². The summed E-state index contributed by atoms with van der Waals surface area (Å²) in [6.45, 7) is 1.57. The highest BCUT2D eigenvalue weighted by Gasteiger charge is 2.36. The summed E-state index contributed by atoms with van der Waals surface area (Å²) in [6.07, 6.45) is 4.33. The van der Waals surface area contributed by atoms with Crippen LogP contribution in [0.2, 0.25) is 0 Å². The fourth-order valence-electron chi connectivity index (χ4n) is 3.54. The highest BCUT2D eigenvalue weighted by atomic mass is 19.1. The van der Waals surface area contributed by atoms with E-state index in [0.29, 0.717) is 17.9 Å². The second kappa shape index (κ2) is 6.87. The summed E-state index contributed by atoms with van der Waals surface area (Å²) in [5.74, 6) is -2.14. The first-order valence-corrected chi connectivity index (χ1v) is 8.99. The van der Waals surface area contributed by atoms with Crippen LogP contribution in [0.3, 0.4) is 0 Å². The van der Waals surface area contributed by atoms with Crippen molar-refractivity contribution in [2.75, 3.05) is 6.61 Å². The molecule has 0 aromatic heterocycles. The van der Waals surface area contributed by atoms with Crippen molar-refractivity contribution in [2.24, 2.45) is 5.92 Å². The molecule has 1 heterocycles. The number of nitrogens with one attached hydrogen (secondary N) is 1. The summed E-state index contributed by atoms with van der Waals surface area (Å²) < 4.78 is 33.7. The van der Waals surface area contributed by atoms with E-state index >= 15 is 0 Å². The first kappa shape index (κ1) is 18.4. The number of hydrogen-bond donors (Lipinski definition) is 2. The maximum absolute atomic E-state index is 13.9. The third-order valence-corrected chi connectivity index (χ3v) is 5.09. The standard InChI is InChI=1S/C22H19F2NO3/c1-22(12-26)11-15(14-5-2-3-8-19(14)28-22)13-9-10-18(13)25-21(27)20-16(23)6-4-7-17(20)24/h2-8,10-11,13,26H,9,12H2,1H3,(H,25,27)/t13-,22?/m1/s1. The van der Waals surface area contributed by atoms with Crippen molar-refractivity contribution >= 4 is 11.5 Å². The molecule has 0 spiro atoms. The number of aliphatic hydroxyl groups is 1. The molecule has 0 radical (unpaired) electrons. The Balaban J connectivity index is 1.62. The molecule has 4 nitrogen and oxygen atoms in total. The van der Waals surface area contributed by atoms with Crippen molar-refractivity contribution in [2.45, 2.75) is 18.9 Å². The van der Waals surface area contributed by atoms with Gasteiger partial charge in [-0.25, -0.2) is 8.78 Å². The summed E-state index contributed by atoms with van der Waals surface area (Å²) in [6, 6.07) is 10.8. The molecular formula is C22H19F2NO3. The molecule has 4 rings (SSSR count). The molecule has 0 saturated carbocycles. The molecule has 0 fully saturated rings. The lowest BCUT2D eigenvalue weighted by Gasteiger charge is -2.38. The average Bonchev–Trinajstić information content (AvgIpc) is 2.65. The van der Waals surface area contributed by atoms with Crippen LogP contribution in [0.1, 0.15) is 29.3 Å². The maximum atomic E-state index is 13.9. The first-order valence-electron chi connectivity index (χ1n) is 8.99. The van der Waals surface area contributed by atoms with Crippen molar-refractivity contribution in [1.82, 2.24) is 5.32 Å². The van der Waals surface area contributed by atoms with Gasteiger partial charge < -0.3 is 15.2 Å². The van der Waals surface area contributed by atoms with E-state index in [-0.39, 0.29) is 12.5 Å². The number of halogens is 2. The summed E-state index contributed by atoms with van der Waals surface area (Å²) in [5.41, 5.74) is 0.874. The van der Waals surface area contributed by atoms with Gasteiger partial charge in [0.2, 0.25) is 0 Å². The molecule has 2 N–H and O–H groups in total. The van der Waals surface area contributed by atoms with Crippen LogP contribution >= 0.6 is 0 Å². The predicted octanol–water partition coefficient (Wildman–Crippen LogP) is 3.83. The zero-order valence-electron chi connectivity index (χ0n) is 15.2. The summed E-state index contributed by atoms with van der Waals surface area (Å²) >= 11 is 0. The van der Waals surface area contributed by atoms with Gasteiger partial charge in [-0.1, -0.05) is 30.3 Å². The summed E-state index contributed by atoms with van der Waals surface area (Å²) in [4.78, 5) is 12.4. The van der Waals surface area contributed by atoms with E-state index in [1.54, 1.807) is 6.92 Å². The Morgan fingerprint density at radius 2 is 1.93 bits per heavy atom. The number of rotatable bonds is 4. The lowest BCUT2D eigenvalue weighted by Crippen LogP contribution is -2.39. The lowest BCUT2D eigenvalue weighted by molar-refractivity contribution is 0.0629. The zero-order chi connectivity index (χ0) is 19.9. The number of benzene rings is 2. The molecule has 0 saturated heterocycles. The number of carbonyl (C=O) groups excluding carboxylic acids is 1. The first-order chi connectivity index (χ1) is 13.4. The van der Waals surface area contributed by atoms with E-state index in [1.165, 1.54) is 6.07 Å².